The normalized spacial score (nSPS) is 13.9. The Morgan fingerprint density at radius 3 is 2.83 bits per heavy atom. The molecule has 0 spiro atoms. The molecule has 0 fully saturated rings. The van der Waals surface area contributed by atoms with Crippen molar-refractivity contribution in [3.63, 3.8) is 0 Å². The van der Waals surface area contributed by atoms with Gasteiger partial charge >= 0.3 is 0 Å². The SMILES string of the molecule is CCOc1cccc(C(C)CC(=O)Nc2sc3c(c2C=NC)CCN(C(=O)Cc2ccncc2)C3)c1. The number of thiophene rings is 1. The number of nitrogens with one attached hydrogen (secondary N) is 1. The Balaban J connectivity index is 1.44. The molecule has 7 nitrogen and oxygen atoms in total. The van der Waals surface area contributed by atoms with Gasteiger partial charge in [-0.1, -0.05) is 19.1 Å². The maximum Gasteiger partial charge on any atom is 0.227 e. The van der Waals surface area contributed by atoms with E-state index in [9.17, 15) is 9.59 Å². The van der Waals surface area contributed by atoms with Gasteiger partial charge in [-0.3, -0.25) is 19.6 Å². The van der Waals surface area contributed by atoms with Crippen LogP contribution in [0.15, 0.2) is 53.8 Å². The summed E-state index contributed by atoms with van der Waals surface area (Å²) in [7, 11) is 1.73. The lowest BCUT2D eigenvalue weighted by Gasteiger charge is -2.27. The molecule has 8 heteroatoms. The summed E-state index contributed by atoms with van der Waals surface area (Å²) in [4.78, 5) is 37.1. The molecule has 0 saturated heterocycles. The van der Waals surface area contributed by atoms with Crippen molar-refractivity contribution in [2.24, 2.45) is 4.99 Å². The summed E-state index contributed by atoms with van der Waals surface area (Å²) in [6, 6.07) is 11.7. The van der Waals surface area contributed by atoms with Gasteiger partial charge in [-0.25, -0.2) is 0 Å². The Hall–Kier alpha value is -3.52. The molecule has 0 bridgehead atoms. The average Bonchev–Trinajstić information content (AvgIpc) is 3.21. The minimum atomic E-state index is -0.0423. The molecule has 3 heterocycles. The van der Waals surface area contributed by atoms with E-state index in [-0.39, 0.29) is 17.7 Å². The number of rotatable bonds is 9. The predicted molar refractivity (Wildman–Crippen MR) is 144 cm³/mol. The Kier molecular flexibility index (Phi) is 8.48. The van der Waals surface area contributed by atoms with Crippen LogP contribution in [0, 0.1) is 0 Å². The summed E-state index contributed by atoms with van der Waals surface area (Å²) in [5.41, 5.74) is 4.16. The molecule has 1 atom stereocenters. The third-order valence-electron chi connectivity index (χ3n) is 6.30. The van der Waals surface area contributed by atoms with Gasteiger partial charge in [-0.2, -0.15) is 0 Å². The van der Waals surface area contributed by atoms with Crippen molar-refractivity contribution in [2.75, 3.05) is 25.5 Å². The second kappa shape index (κ2) is 11.9. The van der Waals surface area contributed by atoms with E-state index in [0.717, 1.165) is 38.7 Å². The first-order valence-electron chi connectivity index (χ1n) is 12.2. The molecular formula is C28H32N4O3S. The third-order valence-corrected chi connectivity index (χ3v) is 7.44. The molecule has 0 radical (unpaired) electrons. The van der Waals surface area contributed by atoms with Gasteiger partial charge < -0.3 is 15.0 Å². The van der Waals surface area contributed by atoms with Crippen molar-refractivity contribution in [2.45, 2.75) is 45.6 Å². The lowest BCUT2D eigenvalue weighted by molar-refractivity contribution is -0.131. The number of fused-ring (bicyclic) bond motifs is 1. The highest BCUT2D eigenvalue weighted by Gasteiger charge is 2.27. The monoisotopic (exact) mass is 504 g/mol. The fraction of sp³-hybridized carbons (Fsp3) is 0.357. The zero-order chi connectivity index (χ0) is 25.5. The van der Waals surface area contributed by atoms with Crippen LogP contribution in [0.2, 0.25) is 0 Å². The van der Waals surface area contributed by atoms with Crippen LogP contribution in [-0.2, 0) is 29.0 Å². The first-order chi connectivity index (χ1) is 17.5. The summed E-state index contributed by atoms with van der Waals surface area (Å²) in [5.74, 6) is 0.918. The Bertz CT molecular complexity index is 1240. The molecule has 2 aromatic heterocycles. The number of hydrogen-bond donors (Lipinski definition) is 1. The van der Waals surface area contributed by atoms with E-state index in [2.05, 4.69) is 15.3 Å². The highest BCUT2D eigenvalue weighted by molar-refractivity contribution is 7.16. The molecule has 0 saturated carbocycles. The van der Waals surface area contributed by atoms with Crippen LogP contribution in [-0.4, -0.2) is 48.1 Å². The van der Waals surface area contributed by atoms with E-state index in [1.165, 1.54) is 5.56 Å². The van der Waals surface area contributed by atoms with Crippen LogP contribution in [0.25, 0.3) is 0 Å². The summed E-state index contributed by atoms with van der Waals surface area (Å²) < 4.78 is 5.60. The minimum absolute atomic E-state index is 0.0423. The summed E-state index contributed by atoms with van der Waals surface area (Å²) in [6.07, 6.45) is 6.69. The number of ether oxygens (including phenoxy) is 1. The lowest BCUT2D eigenvalue weighted by atomic mass is 9.97. The van der Waals surface area contributed by atoms with Gasteiger partial charge in [-0.05, 0) is 60.2 Å². The number of carbonyl (C=O) groups excluding carboxylic acids is 2. The average molecular weight is 505 g/mol. The summed E-state index contributed by atoms with van der Waals surface area (Å²) in [5, 5.41) is 3.92. The first-order valence-corrected chi connectivity index (χ1v) is 13.1. The number of aliphatic imine (C=N–C) groups is 1. The zero-order valence-corrected chi connectivity index (χ0v) is 21.8. The highest BCUT2D eigenvalue weighted by Crippen LogP contribution is 2.37. The van der Waals surface area contributed by atoms with Gasteiger partial charge in [0.2, 0.25) is 11.8 Å². The van der Waals surface area contributed by atoms with Crippen LogP contribution in [0.3, 0.4) is 0 Å². The van der Waals surface area contributed by atoms with Crippen molar-refractivity contribution < 1.29 is 14.3 Å². The van der Waals surface area contributed by atoms with Gasteiger partial charge in [0, 0.05) is 49.1 Å². The quantitative estimate of drug-likeness (QED) is 0.422. The number of hydrogen-bond acceptors (Lipinski definition) is 6. The van der Waals surface area contributed by atoms with Gasteiger partial charge in [0.25, 0.3) is 0 Å². The fourth-order valence-electron chi connectivity index (χ4n) is 4.44. The lowest BCUT2D eigenvalue weighted by Crippen LogP contribution is -2.36. The van der Waals surface area contributed by atoms with E-state index in [1.807, 2.05) is 61.4 Å². The van der Waals surface area contributed by atoms with Crippen LogP contribution in [0.1, 0.15) is 53.3 Å². The molecule has 1 aliphatic heterocycles. The standard InChI is InChI=1S/C28H32N4O3S/c1-4-35-22-7-5-6-21(16-22)19(2)14-26(33)31-28-24(17-29-3)23-10-13-32(18-25(23)36-28)27(34)15-20-8-11-30-12-9-20/h5-9,11-12,16-17,19H,4,10,13-15,18H2,1-3H3,(H,31,33). The molecular weight excluding hydrogens is 472 g/mol. The van der Waals surface area contributed by atoms with Crippen molar-refractivity contribution in [3.8, 4) is 5.75 Å². The minimum Gasteiger partial charge on any atom is -0.494 e. The van der Waals surface area contributed by atoms with E-state index < -0.39 is 0 Å². The van der Waals surface area contributed by atoms with E-state index in [0.29, 0.717) is 32.5 Å². The van der Waals surface area contributed by atoms with Gasteiger partial charge in [-0.15, -0.1) is 11.3 Å². The highest BCUT2D eigenvalue weighted by atomic mass is 32.1. The van der Waals surface area contributed by atoms with E-state index >= 15 is 0 Å². The zero-order valence-electron chi connectivity index (χ0n) is 21.0. The van der Waals surface area contributed by atoms with Crippen molar-refractivity contribution >= 4 is 34.4 Å². The number of nitrogens with zero attached hydrogens (tertiary/aromatic N) is 3. The number of anilines is 1. The smallest absolute Gasteiger partial charge is 0.227 e. The van der Waals surface area contributed by atoms with Crippen LogP contribution < -0.4 is 10.1 Å². The van der Waals surface area contributed by atoms with Gasteiger partial charge in [0.05, 0.1) is 19.6 Å². The van der Waals surface area contributed by atoms with Crippen LogP contribution >= 0.6 is 11.3 Å². The molecule has 1 aliphatic rings. The third kappa shape index (κ3) is 6.18. The first kappa shape index (κ1) is 25.6. The summed E-state index contributed by atoms with van der Waals surface area (Å²) >= 11 is 1.54. The van der Waals surface area contributed by atoms with Crippen molar-refractivity contribution in [3.05, 3.63) is 75.9 Å². The number of benzene rings is 1. The molecule has 0 aliphatic carbocycles. The van der Waals surface area contributed by atoms with E-state index in [1.54, 1.807) is 30.8 Å². The Morgan fingerprint density at radius 2 is 2.08 bits per heavy atom. The number of carbonyl (C=O) groups is 2. The molecule has 4 rings (SSSR count). The maximum atomic E-state index is 13.0. The van der Waals surface area contributed by atoms with Crippen molar-refractivity contribution in [1.82, 2.24) is 9.88 Å². The number of aromatic nitrogens is 1. The van der Waals surface area contributed by atoms with Crippen molar-refractivity contribution in [1.29, 1.82) is 0 Å². The molecule has 188 valence electrons. The predicted octanol–water partition coefficient (Wildman–Crippen LogP) is 4.85. The van der Waals surface area contributed by atoms with E-state index in [4.69, 9.17) is 4.74 Å². The summed E-state index contributed by atoms with van der Waals surface area (Å²) in [6.45, 7) is 5.81. The molecule has 1 unspecified atom stereocenters. The topological polar surface area (TPSA) is 83.9 Å². The van der Waals surface area contributed by atoms with Crippen LogP contribution in [0.4, 0.5) is 5.00 Å². The fourth-order valence-corrected chi connectivity index (χ4v) is 5.69. The molecule has 2 amide bonds. The molecule has 1 N–H and O–H groups in total. The maximum absolute atomic E-state index is 13.0. The van der Waals surface area contributed by atoms with Crippen LogP contribution in [0.5, 0.6) is 5.75 Å². The molecule has 36 heavy (non-hydrogen) atoms. The Morgan fingerprint density at radius 1 is 1.28 bits per heavy atom. The molecule has 1 aromatic carbocycles. The Labute approximate surface area is 216 Å². The second-order valence-electron chi connectivity index (χ2n) is 8.89. The second-order valence-corrected chi connectivity index (χ2v) is 10.00. The largest absolute Gasteiger partial charge is 0.494 e. The number of amides is 2. The van der Waals surface area contributed by atoms with Gasteiger partial charge in [0.1, 0.15) is 10.8 Å². The molecule has 3 aromatic rings. The van der Waals surface area contributed by atoms with Gasteiger partial charge in [0.15, 0.2) is 0 Å². The number of pyridine rings is 1.